The predicted octanol–water partition coefficient (Wildman–Crippen LogP) is 6.13. The number of esters is 3. The van der Waals surface area contributed by atoms with Crippen molar-refractivity contribution in [1.82, 2.24) is 5.32 Å². The summed E-state index contributed by atoms with van der Waals surface area (Å²) in [6.45, 7) is 14.8. The highest BCUT2D eigenvalue weighted by molar-refractivity contribution is 6.25. The molecular formula is C39H42N4O7. The lowest BCUT2D eigenvalue weighted by atomic mass is 9.77. The Morgan fingerprint density at radius 3 is 2.34 bits per heavy atom. The molecule has 11 nitrogen and oxygen atoms in total. The van der Waals surface area contributed by atoms with E-state index in [1.165, 1.54) is 21.1 Å². The molecule has 0 aromatic rings. The molecule has 8 bridgehead atoms. The zero-order valence-corrected chi connectivity index (χ0v) is 29.7. The average molecular weight is 679 g/mol. The predicted molar refractivity (Wildman–Crippen MR) is 190 cm³/mol. The third-order valence-electron chi connectivity index (χ3n) is 10.5. The molecule has 6 rings (SSSR count). The first-order valence-electron chi connectivity index (χ1n) is 16.7. The summed E-state index contributed by atoms with van der Waals surface area (Å²) in [5.41, 5.74) is 8.56. The quantitative estimate of drug-likeness (QED) is 0.230. The van der Waals surface area contributed by atoms with Gasteiger partial charge in [0.1, 0.15) is 12.4 Å². The van der Waals surface area contributed by atoms with Gasteiger partial charge in [0.05, 0.1) is 48.4 Å². The number of carbonyl (C=O) groups is 3. The van der Waals surface area contributed by atoms with Gasteiger partial charge >= 0.3 is 17.9 Å². The second-order valence-electron chi connectivity index (χ2n) is 13.1. The molecule has 1 fully saturated rings. The summed E-state index contributed by atoms with van der Waals surface area (Å²) in [7, 11) is 2.57. The first-order valence-corrected chi connectivity index (χ1v) is 16.7. The summed E-state index contributed by atoms with van der Waals surface area (Å²) < 4.78 is 15.9. The molecule has 0 aromatic carbocycles. The van der Waals surface area contributed by atoms with Crippen molar-refractivity contribution < 1.29 is 33.7 Å². The smallest absolute Gasteiger partial charge is 0.327 e. The number of hydrogen-bond donors (Lipinski definition) is 2. The molecule has 0 amide bonds. The van der Waals surface area contributed by atoms with Gasteiger partial charge in [-0.05, 0) is 74.1 Å². The second-order valence-corrected chi connectivity index (χ2v) is 13.1. The molecule has 50 heavy (non-hydrogen) atoms. The van der Waals surface area contributed by atoms with Crippen LogP contribution in [0.5, 0.6) is 0 Å². The molecule has 0 unspecified atom stereocenters. The topological polar surface area (TPSA) is 148 Å². The molecule has 1 saturated heterocycles. The van der Waals surface area contributed by atoms with Crippen molar-refractivity contribution >= 4 is 35.0 Å². The SMILES string of the molecule is C=CC1=C(C)C2=NC1=CC1=NC(=CC3=C(C)C4=C(O)[C@@](COC(C)=O)(C(=O)OC)C(=C5NC(=C2)[C@@H](C)[C@@H]5CCC(=O)OC)C4=N3)C(CC)=C1C. The number of aliphatic hydroxyl groups is 1. The van der Waals surface area contributed by atoms with Gasteiger partial charge < -0.3 is 24.6 Å². The molecule has 6 aliphatic rings. The van der Waals surface area contributed by atoms with Crippen molar-refractivity contribution in [2.24, 2.45) is 32.2 Å². The van der Waals surface area contributed by atoms with Gasteiger partial charge in [-0.3, -0.25) is 14.4 Å². The molecule has 11 heteroatoms. The van der Waals surface area contributed by atoms with E-state index >= 15 is 0 Å². The van der Waals surface area contributed by atoms with E-state index in [-0.39, 0.29) is 30.0 Å². The molecule has 0 saturated carbocycles. The number of fused-ring (bicyclic) bond motifs is 5. The number of ether oxygens (including phenoxy) is 3. The van der Waals surface area contributed by atoms with Gasteiger partial charge in [-0.2, -0.15) is 0 Å². The number of rotatable bonds is 8. The average Bonchev–Trinajstić information content (AvgIpc) is 3.82. The Balaban J connectivity index is 1.72. The summed E-state index contributed by atoms with van der Waals surface area (Å²) >= 11 is 0. The first kappa shape index (κ1) is 34.5. The lowest BCUT2D eigenvalue weighted by molar-refractivity contribution is -0.156. The van der Waals surface area contributed by atoms with Crippen molar-refractivity contribution in [2.75, 3.05) is 20.8 Å². The minimum Gasteiger partial charge on any atom is -0.510 e. The van der Waals surface area contributed by atoms with Crippen LogP contribution in [0.2, 0.25) is 0 Å². The number of carbonyl (C=O) groups excluding carboxylic acids is 3. The van der Waals surface area contributed by atoms with Crippen molar-refractivity contribution in [3.63, 3.8) is 0 Å². The number of nitrogens with one attached hydrogen (secondary N) is 1. The maximum Gasteiger partial charge on any atom is 0.327 e. The summed E-state index contributed by atoms with van der Waals surface area (Å²) in [6.07, 6.45) is 8.82. The van der Waals surface area contributed by atoms with E-state index in [1.54, 1.807) is 6.08 Å². The Bertz CT molecular complexity index is 2020. The lowest BCUT2D eigenvalue weighted by Gasteiger charge is -2.30. The summed E-state index contributed by atoms with van der Waals surface area (Å²) in [5, 5.41) is 15.8. The Morgan fingerprint density at radius 2 is 1.70 bits per heavy atom. The van der Waals surface area contributed by atoms with Crippen molar-refractivity contribution in [3.05, 3.63) is 104 Å². The molecule has 5 heterocycles. The van der Waals surface area contributed by atoms with Crippen LogP contribution in [0.4, 0.5) is 0 Å². The van der Waals surface area contributed by atoms with E-state index in [0.29, 0.717) is 40.2 Å². The fraction of sp³-hybridized carbons (Fsp3) is 0.385. The number of nitrogens with zero attached hydrogens (tertiary/aromatic N) is 3. The number of methoxy groups -OCH3 is 2. The molecule has 0 aromatic heterocycles. The molecule has 3 atom stereocenters. The molecule has 260 valence electrons. The molecule has 0 spiro atoms. The molecule has 0 radical (unpaired) electrons. The van der Waals surface area contributed by atoms with E-state index in [1.807, 2.05) is 45.9 Å². The van der Waals surface area contributed by atoms with Gasteiger partial charge in [-0.25, -0.2) is 15.0 Å². The molecule has 2 N–H and O–H groups in total. The van der Waals surface area contributed by atoms with Crippen LogP contribution >= 0.6 is 0 Å². The zero-order chi connectivity index (χ0) is 36.2. The number of hydrogen-bond acceptors (Lipinski definition) is 11. The van der Waals surface area contributed by atoms with E-state index in [4.69, 9.17) is 29.2 Å². The fourth-order valence-corrected chi connectivity index (χ4v) is 7.72. The summed E-state index contributed by atoms with van der Waals surface area (Å²) in [6, 6.07) is 0. The fourth-order valence-electron chi connectivity index (χ4n) is 7.72. The monoisotopic (exact) mass is 678 g/mol. The maximum atomic E-state index is 14.0. The van der Waals surface area contributed by atoms with Crippen molar-refractivity contribution in [2.45, 2.75) is 60.8 Å². The van der Waals surface area contributed by atoms with Crippen LogP contribution in [0, 0.1) is 17.3 Å². The molecular weight excluding hydrogens is 636 g/mol. The Labute approximate surface area is 291 Å². The van der Waals surface area contributed by atoms with E-state index < -0.39 is 24.0 Å². The highest BCUT2D eigenvalue weighted by Crippen LogP contribution is 2.55. The lowest BCUT2D eigenvalue weighted by Crippen LogP contribution is -2.42. The largest absolute Gasteiger partial charge is 0.510 e. The molecule has 5 aliphatic heterocycles. The highest BCUT2D eigenvalue weighted by atomic mass is 16.5. The number of aliphatic hydroxyl groups excluding tert-OH is 1. The van der Waals surface area contributed by atoms with Gasteiger partial charge in [-0.1, -0.05) is 26.5 Å². The van der Waals surface area contributed by atoms with Gasteiger partial charge in [0, 0.05) is 53.3 Å². The first-order chi connectivity index (χ1) is 23.8. The Morgan fingerprint density at radius 1 is 1.00 bits per heavy atom. The Kier molecular flexibility index (Phi) is 8.88. The van der Waals surface area contributed by atoms with Gasteiger partial charge in [0.25, 0.3) is 0 Å². The van der Waals surface area contributed by atoms with Crippen LogP contribution in [0.25, 0.3) is 0 Å². The second kappa shape index (κ2) is 12.9. The van der Waals surface area contributed by atoms with Gasteiger partial charge in [0.15, 0.2) is 5.41 Å². The standard InChI is InChI=1S/C39H42N4O7/c1-10-23-18(3)26-14-28-20(5)25(12-13-32(45)48-8)35(42-28)34-36-33(37(46)39(34,38(47)49-9)17-50-22(7)44)21(6)29(43-36)16-31-24(11-2)19(4)27(41-31)15-30(23)40-26/h10,14-16,20,25,42,46H,1,11-13,17H2,2-9H3/t20-,25-,39-/m0/s1. The number of allylic oxidation sites excluding steroid dienone is 11. The van der Waals surface area contributed by atoms with Crippen LogP contribution in [0.3, 0.4) is 0 Å². The molecule has 1 aliphatic carbocycles. The third kappa shape index (κ3) is 5.18. The highest BCUT2D eigenvalue weighted by Gasteiger charge is 2.60. The van der Waals surface area contributed by atoms with Crippen LogP contribution in [-0.2, 0) is 28.6 Å². The third-order valence-corrected chi connectivity index (χ3v) is 10.5. The number of aliphatic imine (C=N–C) groups is 3. The van der Waals surface area contributed by atoms with E-state index in [2.05, 4.69) is 18.8 Å². The van der Waals surface area contributed by atoms with Crippen molar-refractivity contribution in [3.8, 4) is 0 Å². The Hall–Kier alpha value is -5.32. The van der Waals surface area contributed by atoms with E-state index in [0.717, 1.165) is 57.2 Å². The maximum absolute atomic E-state index is 14.0. The normalized spacial score (nSPS) is 25.3. The van der Waals surface area contributed by atoms with Gasteiger partial charge in [-0.15, -0.1) is 0 Å². The van der Waals surface area contributed by atoms with E-state index in [9.17, 15) is 19.5 Å². The minimum absolute atomic E-state index is 0.0960. The van der Waals surface area contributed by atoms with Crippen LogP contribution in [-0.4, -0.2) is 61.0 Å². The van der Waals surface area contributed by atoms with Gasteiger partial charge in [0.2, 0.25) is 0 Å². The van der Waals surface area contributed by atoms with Crippen LogP contribution in [0.1, 0.15) is 60.8 Å². The minimum atomic E-state index is -1.93. The zero-order valence-electron chi connectivity index (χ0n) is 29.7. The van der Waals surface area contributed by atoms with Crippen molar-refractivity contribution in [1.29, 1.82) is 0 Å². The summed E-state index contributed by atoms with van der Waals surface area (Å²) in [4.78, 5) is 54.0. The van der Waals surface area contributed by atoms with Crippen LogP contribution < -0.4 is 5.32 Å². The van der Waals surface area contributed by atoms with Crippen LogP contribution in [0.15, 0.2) is 119 Å². The summed E-state index contributed by atoms with van der Waals surface area (Å²) in [5.74, 6) is -2.74.